The van der Waals surface area contributed by atoms with E-state index >= 15 is 0 Å². The van der Waals surface area contributed by atoms with Crippen LogP contribution in [0.25, 0.3) is 0 Å². The molecule has 0 N–H and O–H groups in total. The number of nitrogens with zero attached hydrogens (tertiary/aromatic N) is 3. The van der Waals surface area contributed by atoms with Gasteiger partial charge in [-0.1, -0.05) is 18.2 Å². The molecule has 30 heavy (non-hydrogen) atoms. The van der Waals surface area contributed by atoms with E-state index in [9.17, 15) is 18.0 Å². The van der Waals surface area contributed by atoms with Crippen LogP contribution in [0.3, 0.4) is 0 Å². The van der Waals surface area contributed by atoms with Crippen molar-refractivity contribution in [1.29, 1.82) is 0 Å². The molecule has 0 aliphatic carbocycles. The predicted molar refractivity (Wildman–Crippen MR) is 110 cm³/mol. The number of hydrogen-bond acceptors (Lipinski definition) is 4. The van der Waals surface area contributed by atoms with Crippen LogP contribution in [0.15, 0.2) is 48.5 Å². The minimum Gasteiger partial charge on any atom is -0.497 e. The van der Waals surface area contributed by atoms with E-state index in [1.807, 2.05) is 34.1 Å². The normalized spacial score (nSPS) is 15.2. The van der Waals surface area contributed by atoms with E-state index in [2.05, 4.69) is 0 Å². The summed E-state index contributed by atoms with van der Waals surface area (Å²) in [7, 11) is 3.38. The molecule has 2 aromatic carbocycles. The number of likely N-dealkylation sites (N-methyl/N-ethyl adjacent to an activating group) is 1. The number of carbonyl (C=O) groups excluding carboxylic acids is 1. The highest BCUT2D eigenvalue weighted by Gasteiger charge is 2.31. The number of alkyl halides is 3. The summed E-state index contributed by atoms with van der Waals surface area (Å²) in [4.78, 5) is 18.2. The molecule has 3 rings (SSSR count). The highest BCUT2D eigenvalue weighted by atomic mass is 19.4. The molecule has 162 valence electrons. The van der Waals surface area contributed by atoms with E-state index in [0.29, 0.717) is 45.0 Å². The number of anilines is 1. The minimum absolute atomic E-state index is 0.0123. The Kier molecular flexibility index (Phi) is 6.87. The Morgan fingerprint density at radius 2 is 1.73 bits per heavy atom. The molecule has 1 aliphatic rings. The first-order valence-electron chi connectivity index (χ1n) is 9.78. The summed E-state index contributed by atoms with van der Waals surface area (Å²) in [5, 5.41) is 0. The predicted octanol–water partition coefficient (Wildman–Crippen LogP) is 3.49. The Hall–Kier alpha value is -2.74. The number of benzene rings is 2. The van der Waals surface area contributed by atoms with E-state index < -0.39 is 11.7 Å². The number of ether oxygens (including phenoxy) is 1. The molecule has 0 unspecified atom stereocenters. The molecular weight excluding hydrogens is 395 g/mol. The third-order valence-electron chi connectivity index (χ3n) is 5.27. The van der Waals surface area contributed by atoms with Crippen LogP contribution < -0.4 is 9.64 Å². The maximum absolute atomic E-state index is 12.9. The molecule has 2 aromatic rings. The summed E-state index contributed by atoms with van der Waals surface area (Å²) in [5.41, 5.74) is 0.936. The molecule has 0 saturated carbocycles. The van der Waals surface area contributed by atoms with Gasteiger partial charge in [0, 0.05) is 45.5 Å². The van der Waals surface area contributed by atoms with Crippen LogP contribution in [-0.4, -0.2) is 62.6 Å². The Bertz CT molecular complexity index is 847. The average Bonchev–Trinajstić information content (AvgIpc) is 2.74. The van der Waals surface area contributed by atoms with Gasteiger partial charge in [0.2, 0.25) is 5.91 Å². The Labute approximate surface area is 174 Å². The summed E-state index contributed by atoms with van der Waals surface area (Å²) in [5.74, 6) is 0.782. The molecule has 1 amide bonds. The molecule has 0 radical (unpaired) electrons. The molecule has 1 aliphatic heterocycles. The monoisotopic (exact) mass is 421 g/mol. The number of rotatable bonds is 6. The van der Waals surface area contributed by atoms with Crippen molar-refractivity contribution in [3.8, 4) is 5.75 Å². The minimum atomic E-state index is -4.35. The van der Waals surface area contributed by atoms with Gasteiger partial charge in [-0.25, -0.2) is 0 Å². The Balaban J connectivity index is 1.49. The second-order valence-electron chi connectivity index (χ2n) is 7.41. The van der Waals surface area contributed by atoms with Gasteiger partial charge in [0.15, 0.2) is 0 Å². The fourth-order valence-corrected chi connectivity index (χ4v) is 3.45. The van der Waals surface area contributed by atoms with Crippen LogP contribution in [0, 0.1) is 0 Å². The van der Waals surface area contributed by atoms with Gasteiger partial charge >= 0.3 is 6.18 Å². The van der Waals surface area contributed by atoms with Gasteiger partial charge < -0.3 is 14.5 Å². The van der Waals surface area contributed by atoms with Gasteiger partial charge in [-0.2, -0.15) is 13.2 Å². The van der Waals surface area contributed by atoms with E-state index in [-0.39, 0.29) is 5.91 Å². The van der Waals surface area contributed by atoms with Crippen molar-refractivity contribution in [3.63, 3.8) is 0 Å². The number of carbonyl (C=O) groups is 1. The number of halogens is 3. The first-order valence-corrected chi connectivity index (χ1v) is 9.78. The van der Waals surface area contributed by atoms with Crippen molar-refractivity contribution < 1.29 is 22.7 Å². The van der Waals surface area contributed by atoms with Crippen LogP contribution >= 0.6 is 0 Å². The third kappa shape index (κ3) is 5.66. The molecule has 8 heteroatoms. The van der Waals surface area contributed by atoms with E-state index in [4.69, 9.17) is 4.74 Å². The zero-order valence-electron chi connectivity index (χ0n) is 17.2. The molecule has 5 nitrogen and oxygen atoms in total. The summed E-state index contributed by atoms with van der Waals surface area (Å²) in [6.07, 6.45) is -4.35. The lowest BCUT2D eigenvalue weighted by Crippen LogP contribution is -2.49. The standard InChI is InChI=1S/C22H26F3N3O2/c1-26(15-17-6-8-20(30-2)9-7-17)21(29)16-27-10-12-28(13-11-27)19-5-3-4-18(14-19)22(23,24)25/h3-9,14H,10-13,15-16H2,1-2H3. The fourth-order valence-electron chi connectivity index (χ4n) is 3.45. The quantitative estimate of drug-likeness (QED) is 0.716. The van der Waals surface area contributed by atoms with E-state index in [0.717, 1.165) is 17.4 Å². The second-order valence-corrected chi connectivity index (χ2v) is 7.41. The first kappa shape index (κ1) is 22.0. The number of piperazine rings is 1. The van der Waals surface area contributed by atoms with Gasteiger partial charge in [-0.3, -0.25) is 9.69 Å². The summed E-state index contributed by atoms with van der Waals surface area (Å²) < 4.78 is 43.9. The molecule has 0 bridgehead atoms. The van der Waals surface area contributed by atoms with E-state index in [1.54, 1.807) is 25.1 Å². The molecule has 1 saturated heterocycles. The van der Waals surface area contributed by atoms with Crippen molar-refractivity contribution in [2.24, 2.45) is 0 Å². The molecule has 1 fully saturated rings. The maximum Gasteiger partial charge on any atom is 0.416 e. The number of hydrogen-bond donors (Lipinski definition) is 0. The summed E-state index contributed by atoms with van der Waals surface area (Å²) in [6, 6.07) is 13.0. The zero-order chi connectivity index (χ0) is 21.7. The number of methoxy groups -OCH3 is 1. The molecule has 0 spiro atoms. The van der Waals surface area contributed by atoms with Crippen molar-refractivity contribution in [2.75, 3.05) is 51.8 Å². The fraction of sp³-hybridized carbons (Fsp3) is 0.409. The van der Waals surface area contributed by atoms with Crippen LogP contribution in [0.4, 0.5) is 18.9 Å². The topological polar surface area (TPSA) is 36.0 Å². The van der Waals surface area contributed by atoms with Crippen molar-refractivity contribution in [3.05, 3.63) is 59.7 Å². The van der Waals surface area contributed by atoms with Crippen LogP contribution in [-0.2, 0) is 17.5 Å². The van der Waals surface area contributed by atoms with Gasteiger partial charge in [-0.05, 0) is 35.9 Å². The molecule has 1 heterocycles. The van der Waals surface area contributed by atoms with Gasteiger partial charge in [0.25, 0.3) is 0 Å². The van der Waals surface area contributed by atoms with Gasteiger partial charge in [0.05, 0.1) is 19.2 Å². The largest absolute Gasteiger partial charge is 0.497 e. The third-order valence-corrected chi connectivity index (χ3v) is 5.27. The van der Waals surface area contributed by atoms with Gasteiger partial charge in [0.1, 0.15) is 5.75 Å². The zero-order valence-corrected chi connectivity index (χ0v) is 17.2. The Morgan fingerprint density at radius 1 is 1.07 bits per heavy atom. The summed E-state index contributed by atoms with van der Waals surface area (Å²) in [6.45, 7) is 3.21. The molecule has 0 atom stereocenters. The molecular formula is C22H26F3N3O2. The lowest BCUT2D eigenvalue weighted by atomic mass is 10.1. The summed E-state index contributed by atoms with van der Waals surface area (Å²) >= 11 is 0. The molecule has 0 aromatic heterocycles. The average molecular weight is 421 g/mol. The highest BCUT2D eigenvalue weighted by molar-refractivity contribution is 5.78. The smallest absolute Gasteiger partial charge is 0.416 e. The lowest BCUT2D eigenvalue weighted by Gasteiger charge is -2.36. The second kappa shape index (κ2) is 9.38. The highest BCUT2D eigenvalue weighted by Crippen LogP contribution is 2.31. The lowest BCUT2D eigenvalue weighted by molar-refractivity contribution is -0.137. The van der Waals surface area contributed by atoms with Crippen LogP contribution in [0.2, 0.25) is 0 Å². The SMILES string of the molecule is COc1ccc(CN(C)C(=O)CN2CCN(c3cccc(C(F)(F)F)c3)CC2)cc1. The first-order chi connectivity index (χ1) is 14.3. The van der Waals surface area contributed by atoms with Crippen molar-refractivity contribution in [1.82, 2.24) is 9.80 Å². The van der Waals surface area contributed by atoms with Crippen LogP contribution in [0.5, 0.6) is 5.75 Å². The Morgan fingerprint density at radius 3 is 2.33 bits per heavy atom. The number of amides is 1. The maximum atomic E-state index is 12.9. The van der Waals surface area contributed by atoms with E-state index in [1.165, 1.54) is 12.1 Å². The van der Waals surface area contributed by atoms with Crippen molar-refractivity contribution in [2.45, 2.75) is 12.7 Å². The van der Waals surface area contributed by atoms with Crippen molar-refractivity contribution >= 4 is 11.6 Å². The van der Waals surface area contributed by atoms with Crippen LogP contribution in [0.1, 0.15) is 11.1 Å². The van der Waals surface area contributed by atoms with Gasteiger partial charge in [-0.15, -0.1) is 0 Å².